The molecule has 2 N–H and O–H groups in total. The lowest BCUT2D eigenvalue weighted by molar-refractivity contribution is -0.115. The van der Waals surface area contributed by atoms with Gasteiger partial charge < -0.3 is 10.6 Å². The predicted octanol–water partition coefficient (Wildman–Crippen LogP) is 4.90. The van der Waals surface area contributed by atoms with Gasteiger partial charge in [-0.1, -0.05) is 41.3 Å². The van der Waals surface area contributed by atoms with E-state index in [9.17, 15) is 9.18 Å². The Labute approximate surface area is 177 Å². The van der Waals surface area contributed by atoms with Crippen molar-refractivity contribution >= 4 is 39.8 Å². The van der Waals surface area contributed by atoms with Gasteiger partial charge in [0.05, 0.1) is 5.25 Å². The van der Waals surface area contributed by atoms with Crippen molar-refractivity contribution in [1.29, 1.82) is 0 Å². The monoisotopic (exact) mass is 428 g/mol. The van der Waals surface area contributed by atoms with Gasteiger partial charge >= 0.3 is 0 Å². The Morgan fingerprint density at radius 1 is 1.17 bits per heavy atom. The number of hydrogen-bond acceptors (Lipinski definition) is 6. The zero-order valence-electron chi connectivity index (χ0n) is 15.9. The minimum Gasteiger partial charge on any atom is -0.356 e. The molecule has 0 bridgehead atoms. The number of amides is 1. The summed E-state index contributed by atoms with van der Waals surface area (Å²) < 4.78 is 13.7. The Hall–Kier alpha value is -2.45. The first-order valence-corrected chi connectivity index (χ1v) is 11.2. The Morgan fingerprint density at radius 3 is 2.79 bits per heavy atom. The normalized spacial score (nSPS) is 13.7. The van der Waals surface area contributed by atoms with Crippen molar-refractivity contribution in [2.75, 3.05) is 10.6 Å². The van der Waals surface area contributed by atoms with Gasteiger partial charge in [-0.25, -0.2) is 4.39 Å². The lowest BCUT2D eigenvalue weighted by Gasteiger charge is -2.11. The largest absolute Gasteiger partial charge is 0.356 e. The van der Waals surface area contributed by atoms with E-state index >= 15 is 0 Å². The molecule has 8 heteroatoms. The molecule has 1 aliphatic carbocycles. The Balaban J connectivity index is 1.29. The molecule has 0 spiro atoms. The Bertz CT molecular complexity index is 1010. The fraction of sp³-hybridized carbons (Fsp3) is 0.286. The smallest absolute Gasteiger partial charge is 0.237 e. The number of rotatable bonds is 7. The number of carbonyl (C=O) groups excluding carboxylic acids is 1. The number of nitrogens with zero attached hydrogens (tertiary/aromatic N) is 2. The molecule has 2 aromatic carbocycles. The fourth-order valence-corrected chi connectivity index (χ4v) is 5.10. The fourth-order valence-electron chi connectivity index (χ4n) is 3.21. The topological polar surface area (TPSA) is 66.9 Å². The summed E-state index contributed by atoms with van der Waals surface area (Å²) in [5.74, 6) is -0.306. The van der Waals surface area contributed by atoms with Crippen molar-refractivity contribution in [2.45, 2.75) is 42.3 Å². The summed E-state index contributed by atoms with van der Waals surface area (Å²) in [5, 5.41) is 14.8. The third kappa shape index (κ3) is 5.13. The van der Waals surface area contributed by atoms with Gasteiger partial charge in [-0.3, -0.25) is 4.79 Å². The number of fused-ring (bicyclic) bond motifs is 1. The minimum absolute atomic E-state index is 0.0519. The zero-order valence-corrected chi connectivity index (χ0v) is 17.6. The Morgan fingerprint density at radius 2 is 1.97 bits per heavy atom. The number of nitrogens with one attached hydrogen (secondary N) is 2. The second-order valence-corrected chi connectivity index (χ2v) is 9.50. The van der Waals surface area contributed by atoms with E-state index in [4.69, 9.17) is 0 Å². The molecule has 1 heterocycles. The van der Waals surface area contributed by atoms with Crippen LogP contribution in [0.15, 0.2) is 46.8 Å². The molecule has 1 amide bonds. The standard InChI is InChI=1S/C21H21FN4OS2/c1-13(19(27)24-18-10-7-15-3-2-4-16(15)11-18)28-21-26-25-20(29-21)23-12-14-5-8-17(22)9-6-14/h5-11,13H,2-4,12H2,1H3,(H,23,25)(H,24,27). The second kappa shape index (κ2) is 8.92. The molecule has 0 radical (unpaired) electrons. The van der Waals surface area contributed by atoms with Crippen LogP contribution in [-0.2, 0) is 24.2 Å². The van der Waals surface area contributed by atoms with Gasteiger partial charge in [0, 0.05) is 12.2 Å². The number of aromatic nitrogens is 2. The van der Waals surface area contributed by atoms with Crippen LogP contribution < -0.4 is 10.6 Å². The van der Waals surface area contributed by atoms with E-state index < -0.39 is 0 Å². The summed E-state index contributed by atoms with van der Waals surface area (Å²) in [6.45, 7) is 2.40. The molecular weight excluding hydrogens is 407 g/mol. The van der Waals surface area contributed by atoms with Crippen molar-refractivity contribution < 1.29 is 9.18 Å². The van der Waals surface area contributed by atoms with Gasteiger partial charge in [0.1, 0.15) is 5.82 Å². The first kappa shape index (κ1) is 19.8. The summed E-state index contributed by atoms with van der Waals surface area (Å²) in [5.41, 5.74) is 4.53. The third-order valence-electron chi connectivity index (χ3n) is 4.78. The molecule has 0 fully saturated rings. The van der Waals surface area contributed by atoms with E-state index in [0.29, 0.717) is 11.7 Å². The molecule has 0 saturated carbocycles. The number of aryl methyl sites for hydroxylation is 2. The predicted molar refractivity (Wildman–Crippen MR) is 116 cm³/mol. The molecule has 0 aliphatic heterocycles. The summed E-state index contributed by atoms with van der Waals surface area (Å²) in [6.07, 6.45) is 3.40. The van der Waals surface area contributed by atoms with Gasteiger partial charge in [0.25, 0.3) is 0 Å². The molecule has 3 aromatic rings. The van der Waals surface area contributed by atoms with Crippen LogP contribution in [0, 0.1) is 5.82 Å². The highest BCUT2D eigenvalue weighted by atomic mass is 32.2. The van der Waals surface area contributed by atoms with Crippen LogP contribution in [0.4, 0.5) is 15.2 Å². The van der Waals surface area contributed by atoms with Crippen molar-refractivity contribution in [2.24, 2.45) is 0 Å². The quantitative estimate of drug-likeness (QED) is 0.524. The number of benzene rings is 2. The number of anilines is 2. The van der Waals surface area contributed by atoms with Crippen molar-refractivity contribution in [1.82, 2.24) is 10.2 Å². The minimum atomic E-state index is -0.291. The SMILES string of the molecule is CC(Sc1nnc(NCc2ccc(F)cc2)s1)C(=O)Nc1ccc2c(c1)CCC2. The van der Waals surface area contributed by atoms with Crippen LogP contribution >= 0.6 is 23.1 Å². The molecule has 1 atom stereocenters. The Kier molecular flexibility index (Phi) is 6.10. The number of carbonyl (C=O) groups is 1. The van der Waals surface area contributed by atoms with Gasteiger partial charge in [0.2, 0.25) is 11.0 Å². The molecule has 1 aliphatic rings. The third-order valence-corrected chi connectivity index (χ3v) is 6.84. The van der Waals surface area contributed by atoms with Crippen LogP contribution in [-0.4, -0.2) is 21.4 Å². The summed E-state index contributed by atoms with van der Waals surface area (Å²) in [6, 6.07) is 12.5. The summed E-state index contributed by atoms with van der Waals surface area (Å²) in [4.78, 5) is 12.5. The van der Waals surface area contributed by atoms with Gasteiger partial charge in [-0.05, 0) is 67.1 Å². The maximum absolute atomic E-state index is 13.0. The maximum Gasteiger partial charge on any atom is 0.237 e. The van der Waals surface area contributed by atoms with Gasteiger partial charge in [-0.15, -0.1) is 10.2 Å². The second-order valence-electron chi connectivity index (χ2n) is 6.94. The lowest BCUT2D eigenvalue weighted by atomic mass is 10.1. The maximum atomic E-state index is 13.0. The number of hydrogen-bond donors (Lipinski definition) is 2. The average molecular weight is 429 g/mol. The molecule has 4 rings (SSSR count). The summed E-state index contributed by atoms with van der Waals surface area (Å²) >= 11 is 2.78. The van der Waals surface area contributed by atoms with E-state index in [-0.39, 0.29) is 17.0 Å². The van der Waals surface area contributed by atoms with Crippen LogP contribution in [0.5, 0.6) is 0 Å². The van der Waals surface area contributed by atoms with E-state index in [1.165, 1.54) is 52.8 Å². The van der Waals surface area contributed by atoms with E-state index in [0.717, 1.165) is 28.4 Å². The van der Waals surface area contributed by atoms with Crippen LogP contribution in [0.3, 0.4) is 0 Å². The highest BCUT2D eigenvalue weighted by Gasteiger charge is 2.18. The van der Waals surface area contributed by atoms with E-state index in [2.05, 4.69) is 33.0 Å². The van der Waals surface area contributed by atoms with Crippen LogP contribution in [0.25, 0.3) is 0 Å². The molecule has 150 valence electrons. The lowest BCUT2D eigenvalue weighted by Crippen LogP contribution is -2.22. The number of thioether (sulfide) groups is 1. The van der Waals surface area contributed by atoms with Crippen LogP contribution in [0.1, 0.15) is 30.0 Å². The molecule has 1 unspecified atom stereocenters. The number of halogens is 1. The molecule has 29 heavy (non-hydrogen) atoms. The average Bonchev–Trinajstić information content (AvgIpc) is 3.36. The molecular formula is C21H21FN4OS2. The molecule has 1 aromatic heterocycles. The van der Waals surface area contributed by atoms with Crippen molar-refractivity contribution in [3.05, 3.63) is 65.0 Å². The van der Waals surface area contributed by atoms with Crippen molar-refractivity contribution in [3.8, 4) is 0 Å². The first-order chi connectivity index (χ1) is 14.1. The van der Waals surface area contributed by atoms with E-state index in [1.54, 1.807) is 12.1 Å². The van der Waals surface area contributed by atoms with Gasteiger partial charge in [0.15, 0.2) is 4.34 Å². The van der Waals surface area contributed by atoms with Crippen molar-refractivity contribution in [3.63, 3.8) is 0 Å². The molecule has 5 nitrogen and oxygen atoms in total. The highest BCUT2D eigenvalue weighted by Crippen LogP contribution is 2.30. The van der Waals surface area contributed by atoms with Gasteiger partial charge in [-0.2, -0.15) is 0 Å². The highest BCUT2D eigenvalue weighted by molar-refractivity contribution is 8.02. The van der Waals surface area contributed by atoms with Crippen LogP contribution in [0.2, 0.25) is 0 Å². The molecule has 0 saturated heterocycles. The summed E-state index contributed by atoms with van der Waals surface area (Å²) in [7, 11) is 0. The first-order valence-electron chi connectivity index (χ1n) is 9.48. The zero-order chi connectivity index (χ0) is 20.2. The van der Waals surface area contributed by atoms with E-state index in [1.807, 2.05) is 13.0 Å².